The number of amides is 2. The van der Waals surface area contributed by atoms with Crippen molar-refractivity contribution < 1.29 is 27.5 Å². The van der Waals surface area contributed by atoms with Crippen molar-refractivity contribution in [3.63, 3.8) is 0 Å². The van der Waals surface area contributed by atoms with Gasteiger partial charge in [-0.25, -0.2) is 0 Å². The van der Waals surface area contributed by atoms with E-state index < -0.39 is 36.0 Å². The zero-order valence-electron chi connectivity index (χ0n) is 13.3. The second kappa shape index (κ2) is 5.91. The number of nitrogens with zero attached hydrogens (tertiary/aromatic N) is 2. The summed E-state index contributed by atoms with van der Waals surface area (Å²) < 4.78 is 42.8. The average Bonchev–Trinajstić information content (AvgIpc) is 3.15. The molecule has 1 aliphatic heterocycles. The van der Waals surface area contributed by atoms with Gasteiger partial charge in [0.2, 0.25) is 0 Å². The van der Waals surface area contributed by atoms with E-state index >= 15 is 0 Å². The normalized spacial score (nSPS) is 18.8. The molecule has 0 radical (unpaired) electrons. The van der Waals surface area contributed by atoms with Crippen molar-refractivity contribution in [3.05, 3.63) is 36.0 Å². The van der Waals surface area contributed by atoms with Crippen LogP contribution in [0.4, 0.5) is 13.2 Å². The number of carbonyl (C=O) groups excluding carboxylic acids is 2. The molecule has 2 atom stereocenters. The maximum Gasteiger partial charge on any atom is 0.471 e. The van der Waals surface area contributed by atoms with Gasteiger partial charge in [0.25, 0.3) is 5.91 Å². The summed E-state index contributed by atoms with van der Waals surface area (Å²) in [6.45, 7) is 1.71. The quantitative estimate of drug-likeness (QED) is 0.902. The van der Waals surface area contributed by atoms with E-state index in [1.54, 1.807) is 13.1 Å². The summed E-state index contributed by atoms with van der Waals surface area (Å²) in [5.74, 6) is -3.35. The molecule has 0 saturated heterocycles. The van der Waals surface area contributed by atoms with Crippen LogP contribution in [0, 0.1) is 0 Å². The molecule has 0 spiro atoms. The molecule has 1 aromatic carbocycles. The predicted molar refractivity (Wildman–Crippen MR) is 82.9 cm³/mol. The minimum Gasteiger partial charge on any atom is -0.450 e. The molecule has 3 rings (SSSR count). The Labute approximate surface area is 140 Å². The number of aliphatic imine (C=N–C) groups is 1. The topological polar surface area (TPSA) is 74.8 Å². The van der Waals surface area contributed by atoms with Gasteiger partial charge in [-0.05, 0) is 11.6 Å². The molecule has 0 fully saturated rings. The number of halogens is 3. The Kier molecular flexibility index (Phi) is 4.02. The Morgan fingerprint density at radius 1 is 1.36 bits per heavy atom. The third kappa shape index (κ3) is 2.97. The van der Waals surface area contributed by atoms with Gasteiger partial charge in [-0.1, -0.05) is 25.1 Å². The molecule has 0 bridgehead atoms. The maximum atomic E-state index is 12.5. The number of alkyl halides is 3. The van der Waals surface area contributed by atoms with Crippen LogP contribution in [0.1, 0.15) is 18.4 Å². The highest BCUT2D eigenvalue weighted by molar-refractivity contribution is 6.05. The fourth-order valence-corrected chi connectivity index (χ4v) is 2.73. The number of hydrogen-bond donors (Lipinski definition) is 1. The molecule has 9 heteroatoms. The Balaban J connectivity index is 1.82. The summed E-state index contributed by atoms with van der Waals surface area (Å²) in [5, 5.41) is 0.875. The highest BCUT2D eigenvalue weighted by Gasteiger charge is 2.46. The van der Waals surface area contributed by atoms with Gasteiger partial charge < -0.3 is 9.72 Å². The van der Waals surface area contributed by atoms with Crippen LogP contribution in [0.25, 0.3) is 10.9 Å². The first-order valence-electron chi connectivity index (χ1n) is 7.40. The zero-order valence-corrected chi connectivity index (χ0v) is 13.3. The van der Waals surface area contributed by atoms with Crippen LogP contribution in [0.5, 0.6) is 0 Å². The van der Waals surface area contributed by atoms with Gasteiger partial charge in [0.1, 0.15) is 0 Å². The van der Waals surface area contributed by atoms with Crippen molar-refractivity contribution in [2.45, 2.75) is 25.1 Å². The summed E-state index contributed by atoms with van der Waals surface area (Å²) in [4.78, 5) is 30.1. The van der Waals surface area contributed by atoms with Crippen LogP contribution < -0.4 is 0 Å². The lowest BCUT2D eigenvalue weighted by Crippen LogP contribution is -2.43. The first-order chi connectivity index (χ1) is 11.7. The summed E-state index contributed by atoms with van der Waals surface area (Å²) in [5.41, 5.74) is 1.63. The molecule has 2 heterocycles. The zero-order chi connectivity index (χ0) is 18.4. The maximum absolute atomic E-state index is 12.5. The van der Waals surface area contributed by atoms with Crippen LogP contribution in [0.3, 0.4) is 0 Å². The van der Waals surface area contributed by atoms with Crippen molar-refractivity contribution in [3.8, 4) is 0 Å². The molecule has 25 heavy (non-hydrogen) atoms. The highest BCUT2D eigenvalue weighted by atomic mass is 19.4. The van der Waals surface area contributed by atoms with E-state index in [0.717, 1.165) is 23.5 Å². The Bertz CT molecular complexity index is 872. The van der Waals surface area contributed by atoms with E-state index in [4.69, 9.17) is 4.74 Å². The third-order valence-electron chi connectivity index (χ3n) is 4.08. The lowest BCUT2D eigenvalue weighted by Gasteiger charge is -2.21. The standard InChI is InChI=1S/C16H14F3N3O3/c1-8(10-7-20-11-6-4-3-5-9(10)11)12-13(23)21-15(25-12)22(2)14(24)16(17,18)19/h3-8,12,20H,1-2H3/t8-,12+/m1/s1. The minimum absolute atomic E-state index is 0.194. The highest BCUT2D eigenvalue weighted by Crippen LogP contribution is 2.32. The van der Waals surface area contributed by atoms with Gasteiger partial charge >= 0.3 is 18.1 Å². The summed E-state index contributed by atoms with van der Waals surface area (Å²) in [6.07, 6.45) is -4.46. The van der Waals surface area contributed by atoms with Crippen LogP contribution in [-0.4, -0.2) is 47.0 Å². The van der Waals surface area contributed by atoms with E-state index in [2.05, 4.69) is 9.98 Å². The Hall–Kier alpha value is -2.84. The van der Waals surface area contributed by atoms with E-state index in [9.17, 15) is 22.8 Å². The van der Waals surface area contributed by atoms with Crippen molar-refractivity contribution in [2.24, 2.45) is 4.99 Å². The average molecular weight is 353 g/mol. The van der Waals surface area contributed by atoms with Gasteiger partial charge in [0, 0.05) is 30.1 Å². The van der Waals surface area contributed by atoms with Crippen LogP contribution in [0.2, 0.25) is 0 Å². The number of ether oxygens (including phenoxy) is 1. The molecule has 0 unspecified atom stereocenters. The fraction of sp³-hybridized carbons (Fsp3) is 0.312. The lowest BCUT2D eigenvalue weighted by atomic mass is 9.94. The second-order valence-electron chi connectivity index (χ2n) is 5.71. The first kappa shape index (κ1) is 17.0. The molecule has 1 aromatic heterocycles. The van der Waals surface area contributed by atoms with Crippen LogP contribution >= 0.6 is 0 Å². The number of aromatic amines is 1. The molecule has 6 nitrogen and oxygen atoms in total. The fourth-order valence-electron chi connectivity index (χ4n) is 2.73. The Morgan fingerprint density at radius 2 is 2.04 bits per heavy atom. The van der Waals surface area contributed by atoms with Gasteiger partial charge in [-0.15, -0.1) is 0 Å². The number of amidine groups is 1. The molecule has 132 valence electrons. The summed E-state index contributed by atoms with van der Waals surface area (Å²) in [6, 6.07) is 6.76. The monoisotopic (exact) mass is 353 g/mol. The molecule has 1 N–H and O–H groups in total. The van der Waals surface area contributed by atoms with E-state index in [1.807, 2.05) is 24.3 Å². The number of aromatic nitrogens is 1. The smallest absolute Gasteiger partial charge is 0.450 e. The number of H-pyrrole nitrogens is 1. The van der Waals surface area contributed by atoms with Gasteiger partial charge in [-0.2, -0.15) is 18.2 Å². The summed E-state index contributed by atoms with van der Waals surface area (Å²) >= 11 is 0. The van der Waals surface area contributed by atoms with Gasteiger partial charge in [0.05, 0.1) is 0 Å². The molecule has 0 saturated carbocycles. The number of rotatable bonds is 2. The van der Waals surface area contributed by atoms with Gasteiger partial charge in [-0.3, -0.25) is 14.5 Å². The molecule has 1 aliphatic rings. The lowest BCUT2D eigenvalue weighted by molar-refractivity contribution is -0.181. The molecular weight excluding hydrogens is 339 g/mol. The van der Waals surface area contributed by atoms with Crippen molar-refractivity contribution in [2.75, 3.05) is 7.05 Å². The number of carbonyl (C=O) groups is 2. The largest absolute Gasteiger partial charge is 0.471 e. The minimum atomic E-state index is -5.08. The third-order valence-corrected chi connectivity index (χ3v) is 4.08. The molecule has 2 amide bonds. The van der Waals surface area contributed by atoms with Gasteiger partial charge in [0.15, 0.2) is 6.10 Å². The van der Waals surface area contributed by atoms with E-state index in [0.29, 0.717) is 0 Å². The van der Waals surface area contributed by atoms with Crippen molar-refractivity contribution in [1.82, 2.24) is 9.88 Å². The SMILES string of the molecule is C[C@H](c1c[nH]c2ccccc12)[C@@H]1OC(N(C)C(=O)C(F)(F)F)=NC1=O. The van der Waals surface area contributed by atoms with Crippen molar-refractivity contribution in [1.29, 1.82) is 0 Å². The number of benzene rings is 1. The molecule has 2 aromatic rings. The van der Waals surface area contributed by atoms with Crippen LogP contribution in [-0.2, 0) is 14.3 Å². The van der Waals surface area contributed by atoms with E-state index in [-0.39, 0.29) is 4.90 Å². The van der Waals surface area contributed by atoms with Crippen molar-refractivity contribution >= 4 is 28.7 Å². The van der Waals surface area contributed by atoms with Crippen LogP contribution in [0.15, 0.2) is 35.5 Å². The summed E-state index contributed by atoms with van der Waals surface area (Å²) in [7, 11) is 0.862. The first-order valence-corrected chi connectivity index (χ1v) is 7.40. The predicted octanol–water partition coefficient (Wildman–Crippen LogP) is 2.57. The molecule has 0 aliphatic carbocycles. The Morgan fingerprint density at radius 3 is 2.72 bits per heavy atom. The second-order valence-corrected chi connectivity index (χ2v) is 5.71. The number of para-hydroxylation sites is 1. The number of nitrogens with one attached hydrogen (secondary N) is 1. The molecular formula is C16H14F3N3O3. The number of fused-ring (bicyclic) bond motifs is 1. The van der Waals surface area contributed by atoms with E-state index in [1.165, 1.54) is 0 Å². The number of hydrogen-bond acceptors (Lipinski definition) is 3.